The topological polar surface area (TPSA) is 69.7 Å². The van der Waals surface area contributed by atoms with Crippen LogP contribution in [0.1, 0.15) is 43.2 Å². The van der Waals surface area contributed by atoms with Gasteiger partial charge in [-0.05, 0) is 74.2 Å². The Kier molecular flexibility index (Phi) is 7.51. The number of benzene rings is 2. The van der Waals surface area contributed by atoms with Crippen LogP contribution >= 0.6 is 11.6 Å². The predicted octanol–water partition coefficient (Wildman–Crippen LogP) is 3.80. The van der Waals surface area contributed by atoms with Gasteiger partial charge in [0.15, 0.2) is 0 Å². The normalized spacial score (nSPS) is 20.3. The van der Waals surface area contributed by atoms with E-state index in [0.717, 1.165) is 25.2 Å². The number of nitrogens with one attached hydrogen (secondary N) is 1. The second-order valence-electron chi connectivity index (χ2n) is 8.60. The van der Waals surface area contributed by atoms with Gasteiger partial charge in [-0.2, -0.15) is 4.31 Å². The summed E-state index contributed by atoms with van der Waals surface area (Å²) >= 11 is 5.89. The van der Waals surface area contributed by atoms with Crippen LogP contribution in [0.5, 0.6) is 0 Å². The molecule has 2 aromatic carbocycles. The maximum Gasteiger partial charge on any atom is 0.243 e. The van der Waals surface area contributed by atoms with Crippen molar-refractivity contribution in [2.75, 3.05) is 19.6 Å². The number of nitrogens with zero attached hydrogens (tertiary/aromatic N) is 2. The Labute approximate surface area is 195 Å². The third-order valence-electron chi connectivity index (χ3n) is 6.24. The van der Waals surface area contributed by atoms with Crippen molar-refractivity contribution < 1.29 is 13.2 Å². The van der Waals surface area contributed by atoms with Crippen LogP contribution in [-0.2, 0) is 27.9 Å². The van der Waals surface area contributed by atoms with Gasteiger partial charge in [-0.15, -0.1) is 0 Å². The van der Waals surface area contributed by atoms with E-state index in [-0.39, 0.29) is 10.8 Å². The molecule has 2 saturated heterocycles. The lowest BCUT2D eigenvalue weighted by atomic mass is 10.1. The van der Waals surface area contributed by atoms with Gasteiger partial charge in [-0.3, -0.25) is 9.69 Å². The maximum atomic E-state index is 13.1. The van der Waals surface area contributed by atoms with E-state index in [9.17, 15) is 13.2 Å². The van der Waals surface area contributed by atoms with E-state index in [0.29, 0.717) is 31.0 Å². The zero-order chi connectivity index (χ0) is 22.6. The van der Waals surface area contributed by atoms with E-state index >= 15 is 0 Å². The van der Waals surface area contributed by atoms with Crippen molar-refractivity contribution in [1.29, 1.82) is 0 Å². The Morgan fingerprint density at radius 3 is 2.44 bits per heavy atom. The lowest BCUT2D eigenvalue weighted by molar-refractivity contribution is -0.124. The van der Waals surface area contributed by atoms with Crippen molar-refractivity contribution in [3.63, 3.8) is 0 Å². The number of hydrogen-bond acceptors (Lipinski definition) is 4. The van der Waals surface area contributed by atoms with Gasteiger partial charge in [0.05, 0.1) is 4.90 Å². The third-order valence-corrected chi connectivity index (χ3v) is 8.41. The molecule has 8 heteroatoms. The first-order valence-electron chi connectivity index (χ1n) is 11.3. The number of hydrogen-bond donors (Lipinski definition) is 1. The molecular weight excluding hydrogens is 446 g/mol. The molecule has 2 aliphatic rings. The molecule has 2 fully saturated rings. The Bertz CT molecular complexity index is 1040. The van der Waals surface area contributed by atoms with E-state index in [1.54, 1.807) is 12.1 Å². The smallest absolute Gasteiger partial charge is 0.243 e. The highest BCUT2D eigenvalue weighted by Gasteiger charge is 2.39. The standard InChI is InChI=1S/C24H30ClN3O3S/c25-21-9-11-22(12-10-21)32(30,31)28-15-5-8-23(28)24(29)26-17-19-6-4-7-20(16-19)18-27-13-2-1-3-14-27/h4,6-7,9-12,16,23H,1-3,5,8,13-15,17-18H2,(H,26,29)/t23-/m0/s1. The molecule has 2 heterocycles. The van der Waals surface area contributed by atoms with Crippen LogP contribution in [0.15, 0.2) is 53.4 Å². The summed E-state index contributed by atoms with van der Waals surface area (Å²) in [6, 6.07) is 13.7. The highest BCUT2D eigenvalue weighted by molar-refractivity contribution is 7.89. The van der Waals surface area contributed by atoms with Crippen LogP contribution in [0.25, 0.3) is 0 Å². The Morgan fingerprint density at radius 2 is 1.69 bits per heavy atom. The number of carbonyl (C=O) groups excluding carboxylic acids is 1. The largest absolute Gasteiger partial charge is 0.351 e. The summed E-state index contributed by atoms with van der Waals surface area (Å²) in [4.78, 5) is 15.5. The summed E-state index contributed by atoms with van der Waals surface area (Å²) < 4.78 is 27.5. The zero-order valence-electron chi connectivity index (χ0n) is 18.2. The van der Waals surface area contributed by atoms with Crippen molar-refractivity contribution in [3.05, 3.63) is 64.7 Å². The first-order chi connectivity index (χ1) is 15.4. The maximum absolute atomic E-state index is 13.1. The Hall–Kier alpha value is -1.93. The molecule has 0 saturated carbocycles. The molecule has 172 valence electrons. The monoisotopic (exact) mass is 475 g/mol. The van der Waals surface area contributed by atoms with E-state index in [4.69, 9.17) is 11.6 Å². The van der Waals surface area contributed by atoms with Crippen LogP contribution in [0.3, 0.4) is 0 Å². The molecule has 0 spiro atoms. The fourth-order valence-electron chi connectivity index (χ4n) is 4.55. The molecule has 2 aliphatic heterocycles. The lowest BCUT2D eigenvalue weighted by Gasteiger charge is -2.26. The molecule has 0 aliphatic carbocycles. The predicted molar refractivity (Wildman–Crippen MR) is 126 cm³/mol. The van der Waals surface area contributed by atoms with E-state index in [2.05, 4.69) is 22.3 Å². The van der Waals surface area contributed by atoms with Crippen molar-refractivity contribution in [2.45, 2.75) is 56.1 Å². The zero-order valence-corrected chi connectivity index (χ0v) is 19.7. The van der Waals surface area contributed by atoms with Crippen LogP contribution in [0, 0.1) is 0 Å². The molecular formula is C24H30ClN3O3S. The second-order valence-corrected chi connectivity index (χ2v) is 10.9. The van der Waals surface area contributed by atoms with E-state index in [1.165, 1.54) is 41.3 Å². The highest BCUT2D eigenvalue weighted by Crippen LogP contribution is 2.27. The third kappa shape index (κ3) is 5.52. The molecule has 0 bridgehead atoms. The highest BCUT2D eigenvalue weighted by atomic mass is 35.5. The van der Waals surface area contributed by atoms with Crippen molar-refractivity contribution in [1.82, 2.24) is 14.5 Å². The number of carbonyl (C=O) groups is 1. The number of piperidine rings is 1. The molecule has 1 atom stereocenters. The molecule has 32 heavy (non-hydrogen) atoms. The fraction of sp³-hybridized carbons (Fsp3) is 0.458. The molecule has 1 amide bonds. The van der Waals surface area contributed by atoms with Gasteiger partial charge in [0.25, 0.3) is 0 Å². The minimum Gasteiger partial charge on any atom is -0.351 e. The first-order valence-corrected chi connectivity index (χ1v) is 13.1. The van der Waals surface area contributed by atoms with Gasteiger partial charge < -0.3 is 5.32 Å². The van der Waals surface area contributed by atoms with Gasteiger partial charge in [0, 0.05) is 24.7 Å². The minimum atomic E-state index is -3.75. The molecule has 0 unspecified atom stereocenters. The number of amides is 1. The number of rotatable bonds is 7. The van der Waals surface area contributed by atoms with Crippen LogP contribution in [-0.4, -0.2) is 49.2 Å². The number of halogens is 1. The quantitative estimate of drug-likeness (QED) is 0.661. The summed E-state index contributed by atoms with van der Waals surface area (Å²) in [6.45, 7) is 3.94. The van der Waals surface area contributed by atoms with Crippen molar-refractivity contribution in [2.24, 2.45) is 0 Å². The van der Waals surface area contributed by atoms with E-state index in [1.807, 2.05) is 12.1 Å². The molecule has 1 N–H and O–H groups in total. The number of sulfonamides is 1. The summed E-state index contributed by atoms with van der Waals surface area (Å²) in [5, 5.41) is 3.43. The van der Waals surface area contributed by atoms with Gasteiger partial charge in [-0.1, -0.05) is 42.3 Å². The molecule has 0 aromatic heterocycles. The Morgan fingerprint density at radius 1 is 0.969 bits per heavy atom. The fourth-order valence-corrected chi connectivity index (χ4v) is 6.33. The lowest BCUT2D eigenvalue weighted by Crippen LogP contribution is -2.45. The van der Waals surface area contributed by atoms with Gasteiger partial charge in [0.1, 0.15) is 6.04 Å². The molecule has 6 nitrogen and oxygen atoms in total. The van der Waals surface area contributed by atoms with Crippen molar-refractivity contribution >= 4 is 27.5 Å². The summed E-state index contributed by atoms with van der Waals surface area (Å²) in [5.74, 6) is -0.249. The van der Waals surface area contributed by atoms with Gasteiger partial charge >= 0.3 is 0 Å². The van der Waals surface area contributed by atoms with Gasteiger partial charge in [0.2, 0.25) is 15.9 Å². The SMILES string of the molecule is O=C(NCc1cccc(CN2CCCCC2)c1)[C@@H]1CCCN1S(=O)(=O)c1ccc(Cl)cc1. The summed E-state index contributed by atoms with van der Waals surface area (Å²) in [5.41, 5.74) is 2.27. The van der Waals surface area contributed by atoms with Crippen LogP contribution in [0.4, 0.5) is 0 Å². The minimum absolute atomic E-state index is 0.159. The van der Waals surface area contributed by atoms with Crippen LogP contribution < -0.4 is 5.32 Å². The Balaban J connectivity index is 1.38. The molecule has 4 rings (SSSR count). The van der Waals surface area contributed by atoms with Crippen LogP contribution in [0.2, 0.25) is 5.02 Å². The second kappa shape index (κ2) is 10.3. The first kappa shape index (κ1) is 23.2. The molecule has 0 radical (unpaired) electrons. The summed E-state index contributed by atoms with van der Waals surface area (Å²) in [6.07, 6.45) is 5.01. The number of likely N-dealkylation sites (tertiary alicyclic amines) is 1. The van der Waals surface area contributed by atoms with E-state index < -0.39 is 16.1 Å². The van der Waals surface area contributed by atoms with Gasteiger partial charge in [-0.25, -0.2) is 8.42 Å². The van der Waals surface area contributed by atoms with Crippen molar-refractivity contribution in [3.8, 4) is 0 Å². The average molecular weight is 476 g/mol. The average Bonchev–Trinajstić information content (AvgIpc) is 3.30. The molecule has 2 aromatic rings. The summed E-state index contributed by atoms with van der Waals surface area (Å²) in [7, 11) is -3.75.